The van der Waals surface area contributed by atoms with Gasteiger partial charge in [-0.3, -0.25) is 4.79 Å². The van der Waals surface area contributed by atoms with Gasteiger partial charge in [-0.05, 0) is 38.1 Å². The van der Waals surface area contributed by atoms with E-state index >= 15 is 0 Å². The second-order valence-electron chi connectivity index (χ2n) is 7.49. The summed E-state index contributed by atoms with van der Waals surface area (Å²) in [6.07, 6.45) is 9.13. The number of carbonyl (C=O) groups excluding carboxylic acids is 1. The Labute approximate surface area is 179 Å². The zero-order chi connectivity index (χ0) is 21.8. The fraction of sp³-hybridized carbons (Fsp3) is 0.333. The van der Waals surface area contributed by atoms with Crippen molar-refractivity contribution in [3.8, 4) is 5.82 Å². The Morgan fingerprint density at radius 2 is 2.00 bits per heavy atom. The van der Waals surface area contributed by atoms with E-state index in [1.807, 2.05) is 7.05 Å². The van der Waals surface area contributed by atoms with Crippen molar-refractivity contribution in [2.24, 2.45) is 5.73 Å². The molecule has 4 rings (SSSR count). The van der Waals surface area contributed by atoms with Crippen molar-refractivity contribution in [3.05, 3.63) is 54.2 Å². The van der Waals surface area contributed by atoms with Gasteiger partial charge < -0.3 is 21.7 Å². The van der Waals surface area contributed by atoms with E-state index in [2.05, 4.69) is 31.0 Å². The maximum atomic E-state index is 14.8. The van der Waals surface area contributed by atoms with Crippen LogP contribution < -0.4 is 21.7 Å². The van der Waals surface area contributed by atoms with Crippen molar-refractivity contribution in [2.45, 2.75) is 37.8 Å². The summed E-state index contributed by atoms with van der Waals surface area (Å²) in [5.74, 6) is -0.554. The molecule has 9 nitrogen and oxygen atoms in total. The van der Waals surface area contributed by atoms with Crippen LogP contribution in [0.5, 0.6) is 0 Å². The van der Waals surface area contributed by atoms with Crippen molar-refractivity contribution < 1.29 is 9.18 Å². The molecule has 1 saturated carbocycles. The van der Waals surface area contributed by atoms with E-state index in [1.54, 1.807) is 41.5 Å². The number of likely N-dealkylation sites (N-methyl/N-ethyl adjacent to an activating group) is 1. The third kappa shape index (κ3) is 4.64. The van der Waals surface area contributed by atoms with Gasteiger partial charge in [0.05, 0.1) is 5.56 Å². The summed E-state index contributed by atoms with van der Waals surface area (Å²) in [7, 11) is 1.90. The van der Waals surface area contributed by atoms with E-state index in [-0.39, 0.29) is 29.3 Å². The number of hydrogen-bond acceptors (Lipinski definition) is 7. The maximum absolute atomic E-state index is 14.8. The highest BCUT2D eigenvalue weighted by atomic mass is 19.1. The molecule has 10 heteroatoms. The second-order valence-corrected chi connectivity index (χ2v) is 7.49. The zero-order valence-electron chi connectivity index (χ0n) is 17.2. The largest absolute Gasteiger partial charge is 0.365 e. The van der Waals surface area contributed by atoms with Gasteiger partial charge in [0.15, 0.2) is 17.5 Å². The fourth-order valence-electron chi connectivity index (χ4n) is 3.86. The average Bonchev–Trinajstić information content (AvgIpc) is 3.31. The van der Waals surface area contributed by atoms with Gasteiger partial charge in [0, 0.05) is 42.4 Å². The molecule has 0 bridgehead atoms. The van der Waals surface area contributed by atoms with Crippen LogP contribution in [0, 0.1) is 5.82 Å². The van der Waals surface area contributed by atoms with Gasteiger partial charge in [0.2, 0.25) is 0 Å². The monoisotopic (exact) mass is 424 g/mol. The van der Waals surface area contributed by atoms with Gasteiger partial charge in [-0.1, -0.05) is 12.8 Å². The molecule has 0 saturated heterocycles. The topological polar surface area (TPSA) is 123 Å². The number of nitrogens with one attached hydrogen (secondary N) is 3. The first-order valence-corrected chi connectivity index (χ1v) is 10.2. The summed E-state index contributed by atoms with van der Waals surface area (Å²) >= 11 is 0. The molecule has 0 aliphatic heterocycles. The lowest BCUT2D eigenvalue weighted by Crippen LogP contribution is -2.45. The first-order chi connectivity index (χ1) is 15.0. The molecule has 162 valence electrons. The van der Waals surface area contributed by atoms with E-state index in [0.717, 1.165) is 31.7 Å². The molecule has 2 atom stereocenters. The van der Waals surface area contributed by atoms with Crippen LogP contribution in [0.3, 0.4) is 0 Å². The molecule has 0 aromatic carbocycles. The van der Waals surface area contributed by atoms with Crippen LogP contribution >= 0.6 is 0 Å². The van der Waals surface area contributed by atoms with Crippen molar-refractivity contribution in [1.29, 1.82) is 0 Å². The number of pyridine rings is 2. The van der Waals surface area contributed by atoms with E-state index < -0.39 is 11.7 Å². The first kappa shape index (κ1) is 20.7. The Bertz CT molecular complexity index is 1060. The number of anilines is 3. The van der Waals surface area contributed by atoms with Crippen molar-refractivity contribution in [3.63, 3.8) is 0 Å². The van der Waals surface area contributed by atoms with Gasteiger partial charge in [-0.15, -0.1) is 0 Å². The van der Waals surface area contributed by atoms with Crippen molar-refractivity contribution in [2.75, 3.05) is 17.7 Å². The summed E-state index contributed by atoms with van der Waals surface area (Å²) in [5.41, 5.74) is 6.06. The minimum atomic E-state index is -0.771. The minimum absolute atomic E-state index is 0.0330. The Balaban J connectivity index is 1.64. The van der Waals surface area contributed by atoms with Gasteiger partial charge in [0.1, 0.15) is 5.82 Å². The van der Waals surface area contributed by atoms with Crippen LogP contribution in [-0.4, -0.2) is 44.8 Å². The number of hydrogen-bond donors (Lipinski definition) is 4. The molecule has 0 radical (unpaired) electrons. The number of aromatic nitrogens is 4. The standard InChI is InChI=1S/C21H25FN8O/c1-24-16-5-2-3-6-17(16)28-21-15(22)12-14(19(23)31)20(29-21)27-13-7-9-25-18(11-13)30-10-4-8-26-30/h4,7-12,16-17,24H,2-3,5-6H2,1H3,(H2,23,31)(H2,25,27,28,29)/t16?,17-/m1/s1. The van der Waals surface area contributed by atoms with Gasteiger partial charge in [-0.25, -0.2) is 19.0 Å². The normalized spacial score (nSPS) is 18.5. The Hall–Kier alpha value is -3.53. The van der Waals surface area contributed by atoms with Crippen LogP contribution in [-0.2, 0) is 0 Å². The molecule has 1 aliphatic carbocycles. The lowest BCUT2D eigenvalue weighted by molar-refractivity contribution is 0.100. The molecular weight excluding hydrogens is 399 g/mol. The number of halogens is 1. The van der Waals surface area contributed by atoms with Crippen LogP contribution in [0.25, 0.3) is 5.82 Å². The predicted molar refractivity (Wildman–Crippen MR) is 116 cm³/mol. The highest BCUT2D eigenvalue weighted by Crippen LogP contribution is 2.27. The summed E-state index contributed by atoms with van der Waals surface area (Å²) in [4.78, 5) is 20.6. The smallest absolute Gasteiger partial charge is 0.252 e. The summed E-state index contributed by atoms with van der Waals surface area (Å²) in [6.45, 7) is 0. The molecule has 3 aromatic rings. The van der Waals surface area contributed by atoms with E-state index in [1.165, 1.54) is 0 Å². The SMILES string of the molecule is CNC1CCCC[C@H]1Nc1nc(Nc2ccnc(-n3cccn3)c2)c(C(N)=O)cc1F. The molecule has 1 fully saturated rings. The van der Waals surface area contributed by atoms with E-state index in [9.17, 15) is 9.18 Å². The maximum Gasteiger partial charge on any atom is 0.252 e. The van der Waals surface area contributed by atoms with Crippen LogP contribution in [0.15, 0.2) is 42.9 Å². The summed E-state index contributed by atoms with van der Waals surface area (Å²) < 4.78 is 16.4. The minimum Gasteiger partial charge on any atom is -0.365 e. The number of nitrogens with zero attached hydrogens (tertiary/aromatic N) is 4. The molecule has 31 heavy (non-hydrogen) atoms. The van der Waals surface area contributed by atoms with Crippen molar-refractivity contribution >= 4 is 23.2 Å². The first-order valence-electron chi connectivity index (χ1n) is 10.2. The zero-order valence-corrected chi connectivity index (χ0v) is 17.2. The average molecular weight is 424 g/mol. The highest BCUT2D eigenvalue weighted by molar-refractivity contribution is 5.98. The van der Waals surface area contributed by atoms with Crippen molar-refractivity contribution in [1.82, 2.24) is 25.1 Å². The van der Waals surface area contributed by atoms with Crippen LogP contribution in [0.1, 0.15) is 36.0 Å². The number of rotatable bonds is 7. The van der Waals surface area contributed by atoms with Crippen LogP contribution in [0.4, 0.5) is 21.7 Å². The van der Waals surface area contributed by atoms with Gasteiger partial charge in [-0.2, -0.15) is 5.10 Å². The molecule has 1 aliphatic rings. The number of amides is 1. The predicted octanol–water partition coefficient (Wildman–Crippen LogP) is 2.59. The second kappa shape index (κ2) is 9.09. The van der Waals surface area contributed by atoms with Crippen LogP contribution in [0.2, 0.25) is 0 Å². The molecule has 5 N–H and O–H groups in total. The molecule has 3 heterocycles. The Morgan fingerprint density at radius 1 is 1.19 bits per heavy atom. The summed E-state index contributed by atoms with van der Waals surface area (Å²) in [6, 6.07) is 6.63. The van der Waals surface area contributed by atoms with E-state index in [4.69, 9.17) is 5.73 Å². The number of primary amides is 1. The summed E-state index contributed by atoms with van der Waals surface area (Å²) in [5, 5.41) is 13.7. The third-order valence-electron chi connectivity index (χ3n) is 5.45. The Morgan fingerprint density at radius 3 is 2.71 bits per heavy atom. The highest BCUT2D eigenvalue weighted by Gasteiger charge is 2.26. The number of carbonyl (C=O) groups is 1. The molecule has 3 aromatic heterocycles. The molecule has 0 spiro atoms. The molecule has 1 unspecified atom stereocenters. The fourth-order valence-corrected chi connectivity index (χ4v) is 3.86. The third-order valence-corrected chi connectivity index (χ3v) is 5.45. The molecule has 1 amide bonds. The lowest BCUT2D eigenvalue weighted by Gasteiger charge is -2.32. The lowest BCUT2D eigenvalue weighted by atomic mass is 9.90. The van der Waals surface area contributed by atoms with E-state index in [0.29, 0.717) is 11.5 Å². The Kier molecular flexibility index (Phi) is 6.08. The number of nitrogens with two attached hydrogens (primary N) is 1. The molecular formula is C21H25FN8O. The van der Waals surface area contributed by atoms with Gasteiger partial charge in [0.25, 0.3) is 5.91 Å². The quantitative estimate of drug-likeness (QED) is 0.460. The van der Waals surface area contributed by atoms with Gasteiger partial charge >= 0.3 is 0 Å².